The van der Waals surface area contributed by atoms with Gasteiger partial charge in [0.25, 0.3) is 0 Å². The van der Waals surface area contributed by atoms with Crippen LogP contribution in [0.2, 0.25) is 5.02 Å². The van der Waals surface area contributed by atoms with Gasteiger partial charge in [-0.15, -0.1) is 5.10 Å². The topological polar surface area (TPSA) is 88.9 Å². The largest absolute Gasteiger partial charge is 0.324 e. The minimum atomic E-state index is -0.264. The maximum atomic E-state index is 11.9. The summed E-state index contributed by atoms with van der Waals surface area (Å²) in [5.41, 5.74) is 1.56. The van der Waals surface area contributed by atoms with Crippen molar-refractivity contribution in [2.45, 2.75) is 20.4 Å². The molecule has 2 amide bonds. The first kappa shape index (κ1) is 15.0. The molecule has 8 heteroatoms. The van der Waals surface area contributed by atoms with E-state index >= 15 is 0 Å². The number of amides is 2. The zero-order valence-electron chi connectivity index (χ0n) is 11.6. The number of nitrogens with zero attached hydrogens (tertiary/aromatic N) is 3. The van der Waals surface area contributed by atoms with E-state index in [1.165, 1.54) is 17.8 Å². The fourth-order valence-corrected chi connectivity index (χ4v) is 1.85. The molecule has 2 aromatic rings. The molecule has 0 spiro atoms. The summed E-state index contributed by atoms with van der Waals surface area (Å²) in [5.74, 6) is -0.213. The molecule has 110 valence electrons. The van der Waals surface area contributed by atoms with Crippen molar-refractivity contribution in [3.8, 4) is 0 Å². The lowest BCUT2D eigenvalue weighted by atomic mass is 10.2. The van der Waals surface area contributed by atoms with Crippen molar-refractivity contribution >= 4 is 34.9 Å². The van der Waals surface area contributed by atoms with Gasteiger partial charge in [0.2, 0.25) is 11.8 Å². The predicted octanol–water partition coefficient (Wildman–Crippen LogP) is 1.84. The Bertz CT molecular complexity index is 683. The van der Waals surface area contributed by atoms with E-state index in [4.69, 9.17) is 11.6 Å². The number of hydrogen-bond acceptors (Lipinski definition) is 4. The molecule has 0 saturated carbocycles. The van der Waals surface area contributed by atoms with Crippen molar-refractivity contribution in [2.75, 3.05) is 10.6 Å². The number of aromatic nitrogens is 3. The number of halogens is 1. The Kier molecular flexibility index (Phi) is 4.54. The SMILES string of the molecule is CC(=O)Nc1cn(CC(=O)Nc2cc(Cl)ccc2C)nn1. The molecule has 0 aliphatic heterocycles. The predicted molar refractivity (Wildman–Crippen MR) is 79.1 cm³/mol. The summed E-state index contributed by atoms with van der Waals surface area (Å²) in [6.45, 7) is 3.22. The van der Waals surface area contributed by atoms with Crippen LogP contribution < -0.4 is 10.6 Å². The van der Waals surface area contributed by atoms with E-state index in [9.17, 15) is 9.59 Å². The number of hydrogen-bond donors (Lipinski definition) is 2. The molecule has 0 aliphatic carbocycles. The zero-order valence-corrected chi connectivity index (χ0v) is 12.3. The van der Waals surface area contributed by atoms with Crippen molar-refractivity contribution in [3.05, 3.63) is 35.0 Å². The van der Waals surface area contributed by atoms with Crippen LogP contribution >= 0.6 is 11.6 Å². The molecular formula is C13H14ClN5O2. The van der Waals surface area contributed by atoms with Crippen LogP contribution in [0.25, 0.3) is 0 Å². The van der Waals surface area contributed by atoms with Crippen molar-refractivity contribution in [1.82, 2.24) is 15.0 Å². The molecule has 1 aromatic carbocycles. The van der Waals surface area contributed by atoms with Gasteiger partial charge in [-0.2, -0.15) is 0 Å². The van der Waals surface area contributed by atoms with Gasteiger partial charge in [0, 0.05) is 17.6 Å². The normalized spacial score (nSPS) is 10.2. The smallest absolute Gasteiger partial charge is 0.246 e. The zero-order chi connectivity index (χ0) is 15.4. The third-order valence-corrected chi connectivity index (χ3v) is 2.86. The van der Waals surface area contributed by atoms with Crippen LogP contribution in [0.1, 0.15) is 12.5 Å². The second kappa shape index (κ2) is 6.36. The number of rotatable bonds is 4. The van der Waals surface area contributed by atoms with E-state index in [-0.39, 0.29) is 18.4 Å². The number of benzene rings is 1. The van der Waals surface area contributed by atoms with Gasteiger partial charge in [0.1, 0.15) is 6.54 Å². The molecule has 1 aromatic heterocycles. The Morgan fingerprint density at radius 2 is 2.10 bits per heavy atom. The van der Waals surface area contributed by atoms with E-state index < -0.39 is 0 Å². The number of aryl methyl sites for hydroxylation is 1. The van der Waals surface area contributed by atoms with E-state index in [1.54, 1.807) is 12.1 Å². The van der Waals surface area contributed by atoms with Gasteiger partial charge in [-0.3, -0.25) is 9.59 Å². The van der Waals surface area contributed by atoms with Crippen LogP contribution in [0.4, 0.5) is 11.5 Å². The van der Waals surface area contributed by atoms with E-state index in [2.05, 4.69) is 20.9 Å². The molecule has 2 rings (SSSR count). The molecule has 0 aliphatic rings. The monoisotopic (exact) mass is 307 g/mol. The highest BCUT2D eigenvalue weighted by Gasteiger charge is 2.09. The van der Waals surface area contributed by atoms with Gasteiger partial charge in [0.05, 0.1) is 6.20 Å². The Morgan fingerprint density at radius 1 is 1.33 bits per heavy atom. The van der Waals surface area contributed by atoms with Crippen LogP contribution in [0.5, 0.6) is 0 Å². The van der Waals surface area contributed by atoms with Gasteiger partial charge in [0.15, 0.2) is 5.82 Å². The second-order valence-electron chi connectivity index (χ2n) is 4.49. The van der Waals surface area contributed by atoms with Crippen molar-refractivity contribution in [2.24, 2.45) is 0 Å². The molecule has 21 heavy (non-hydrogen) atoms. The van der Waals surface area contributed by atoms with Gasteiger partial charge in [-0.25, -0.2) is 4.68 Å². The van der Waals surface area contributed by atoms with Crippen LogP contribution in [0, 0.1) is 6.92 Å². The first-order valence-electron chi connectivity index (χ1n) is 6.18. The first-order chi connectivity index (χ1) is 9.94. The van der Waals surface area contributed by atoms with E-state index in [0.717, 1.165) is 5.56 Å². The number of carbonyl (C=O) groups is 2. The summed E-state index contributed by atoms with van der Waals surface area (Å²) >= 11 is 5.89. The highest BCUT2D eigenvalue weighted by atomic mass is 35.5. The summed E-state index contributed by atoms with van der Waals surface area (Å²) in [7, 11) is 0. The molecule has 0 saturated heterocycles. The molecule has 0 radical (unpaired) electrons. The minimum Gasteiger partial charge on any atom is -0.324 e. The third kappa shape index (κ3) is 4.28. The van der Waals surface area contributed by atoms with Gasteiger partial charge >= 0.3 is 0 Å². The highest BCUT2D eigenvalue weighted by molar-refractivity contribution is 6.31. The van der Waals surface area contributed by atoms with Gasteiger partial charge < -0.3 is 10.6 Å². The molecule has 7 nitrogen and oxygen atoms in total. The highest BCUT2D eigenvalue weighted by Crippen LogP contribution is 2.20. The molecule has 0 fully saturated rings. The van der Waals surface area contributed by atoms with Crippen molar-refractivity contribution < 1.29 is 9.59 Å². The second-order valence-corrected chi connectivity index (χ2v) is 4.93. The summed E-state index contributed by atoms with van der Waals surface area (Å²) in [5, 5.41) is 13.3. The quantitative estimate of drug-likeness (QED) is 0.902. The fraction of sp³-hybridized carbons (Fsp3) is 0.231. The van der Waals surface area contributed by atoms with Gasteiger partial charge in [-0.05, 0) is 24.6 Å². The summed E-state index contributed by atoms with van der Waals surface area (Å²) in [6.07, 6.45) is 1.48. The fourth-order valence-electron chi connectivity index (χ4n) is 1.68. The van der Waals surface area contributed by atoms with Crippen LogP contribution in [0.15, 0.2) is 24.4 Å². The molecule has 2 N–H and O–H groups in total. The lowest BCUT2D eigenvalue weighted by Crippen LogP contribution is -2.19. The standard InChI is InChI=1S/C13H14ClN5O2/c1-8-3-4-10(14)5-11(8)16-13(21)7-19-6-12(17-18-19)15-9(2)20/h3-6H,7H2,1-2H3,(H,15,20)(H,16,21). The van der Waals surface area contributed by atoms with Crippen molar-refractivity contribution in [1.29, 1.82) is 0 Å². The summed E-state index contributed by atoms with van der Waals surface area (Å²) in [4.78, 5) is 22.8. The molecular weight excluding hydrogens is 294 g/mol. The maximum absolute atomic E-state index is 11.9. The lowest BCUT2D eigenvalue weighted by Gasteiger charge is -2.08. The minimum absolute atomic E-state index is 0.0153. The van der Waals surface area contributed by atoms with Crippen LogP contribution in [-0.2, 0) is 16.1 Å². The lowest BCUT2D eigenvalue weighted by molar-refractivity contribution is -0.117. The van der Waals surface area contributed by atoms with Gasteiger partial charge in [-0.1, -0.05) is 22.9 Å². The average molecular weight is 308 g/mol. The number of anilines is 2. The maximum Gasteiger partial charge on any atom is 0.246 e. The van der Waals surface area contributed by atoms with Crippen LogP contribution in [-0.4, -0.2) is 26.8 Å². The van der Waals surface area contributed by atoms with Crippen LogP contribution in [0.3, 0.4) is 0 Å². The molecule has 0 unspecified atom stereocenters. The average Bonchev–Trinajstić information content (AvgIpc) is 2.80. The first-order valence-corrected chi connectivity index (χ1v) is 6.55. The van der Waals surface area contributed by atoms with E-state index in [0.29, 0.717) is 16.5 Å². The Labute approximate surface area is 126 Å². The van der Waals surface area contributed by atoms with Crippen molar-refractivity contribution in [3.63, 3.8) is 0 Å². The summed E-state index contributed by atoms with van der Waals surface area (Å²) in [6, 6.07) is 5.25. The molecule has 0 bridgehead atoms. The summed E-state index contributed by atoms with van der Waals surface area (Å²) < 4.78 is 1.33. The Hall–Kier alpha value is -2.41. The number of carbonyl (C=O) groups excluding carboxylic acids is 2. The molecule has 1 heterocycles. The Morgan fingerprint density at radius 3 is 2.81 bits per heavy atom. The third-order valence-electron chi connectivity index (χ3n) is 2.62. The van der Waals surface area contributed by atoms with E-state index in [1.807, 2.05) is 13.0 Å². The Balaban J connectivity index is 2.00. The number of nitrogens with one attached hydrogen (secondary N) is 2. The molecule has 0 atom stereocenters.